The second-order valence-electron chi connectivity index (χ2n) is 6.19. The van der Waals surface area contributed by atoms with E-state index in [1.807, 2.05) is 18.7 Å². The fourth-order valence-corrected chi connectivity index (χ4v) is 2.88. The molecule has 1 atom stereocenters. The van der Waals surface area contributed by atoms with Crippen molar-refractivity contribution in [1.29, 1.82) is 0 Å². The number of piperidine rings is 1. The van der Waals surface area contributed by atoms with E-state index in [4.69, 9.17) is 5.73 Å². The Kier molecular flexibility index (Phi) is 3.73. The van der Waals surface area contributed by atoms with Crippen LogP contribution in [-0.4, -0.2) is 53.5 Å². The number of piperazine rings is 1. The quantitative estimate of drug-likeness (QED) is 0.776. The molecule has 0 radical (unpaired) electrons. The van der Waals surface area contributed by atoms with E-state index in [0.717, 1.165) is 19.6 Å². The van der Waals surface area contributed by atoms with Crippen molar-refractivity contribution in [1.82, 2.24) is 9.80 Å². The fraction of sp³-hybridized carbons (Fsp3) is 0.923. The first-order valence-corrected chi connectivity index (χ1v) is 6.76. The van der Waals surface area contributed by atoms with E-state index < -0.39 is 0 Å². The number of hydrogen-bond acceptors (Lipinski definition) is 3. The third-order valence-electron chi connectivity index (χ3n) is 3.80. The van der Waals surface area contributed by atoms with Crippen molar-refractivity contribution in [3.8, 4) is 0 Å². The van der Waals surface area contributed by atoms with Gasteiger partial charge in [0, 0.05) is 37.6 Å². The summed E-state index contributed by atoms with van der Waals surface area (Å²) >= 11 is 0. The molecular formula is C13H25N3O. The molecule has 2 aliphatic rings. The zero-order valence-corrected chi connectivity index (χ0v) is 11.1. The second kappa shape index (κ2) is 4.94. The lowest BCUT2D eigenvalue weighted by atomic mass is 9.97. The summed E-state index contributed by atoms with van der Waals surface area (Å²) in [6, 6.07) is 0.599. The summed E-state index contributed by atoms with van der Waals surface area (Å²) < 4.78 is 0. The van der Waals surface area contributed by atoms with Gasteiger partial charge in [-0.1, -0.05) is 6.42 Å². The zero-order valence-electron chi connectivity index (χ0n) is 11.1. The van der Waals surface area contributed by atoms with Crippen LogP contribution in [0.2, 0.25) is 0 Å². The molecule has 1 unspecified atom stereocenters. The standard InChI is InChI=1S/C13H25N3O/c1-13(2,14)9-12(17)16-8-7-15-6-4-3-5-11(15)10-16/h11H,3-10,14H2,1-2H3. The first-order chi connectivity index (χ1) is 7.96. The van der Waals surface area contributed by atoms with Crippen LogP contribution in [0.25, 0.3) is 0 Å². The lowest BCUT2D eigenvalue weighted by molar-refractivity contribution is -0.135. The number of fused-ring (bicyclic) bond motifs is 1. The summed E-state index contributed by atoms with van der Waals surface area (Å²) in [6.45, 7) is 7.89. The molecule has 0 aliphatic carbocycles. The van der Waals surface area contributed by atoms with Crippen molar-refractivity contribution in [2.45, 2.75) is 51.1 Å². The van der Waals surface area contributed by atoms with Crippen LogP contribution in [0, 0.1) is 0 Å². The van der Waals surface area contributed by atoms with Crippen LogP contribution in [-0.2, 0) is 4.79 Å². The van der Waals surface area contributed by atoms with Crippen molar-refractivity contribution in [2.75, 3.05) is 26.2 Å². The molecule has 0 aromatic carbocycles. The molecule has 0 aromatic rings. The molecule has 2 rings (SSSR count). The maximum atomic E-state index is 12.1. The van der Waals surface area contributed by atoms with Crippen LogP contribution >= 0.6 is 0 Å². The number of nitrogens with two attached hydrogens (primary N) is 1. The van der Waals surface area contributed by atoms with Gasteiger partial charge < -0.3 is 10.6 Å². The Morgan fingerprint density at radius 2 is 2.06 bits per heavy atom. The highest BCUT2D eigenvalue weighted by molar-refractivity contribution is 5.77. The molecule has 0 saturated carbocycles. The molecular weight excluding hydrogens is 214 g/mol. The van der Waals surface area contributed by atoms with Crippen molar-refractivity contribution in [2.24, 2.45) is 5.73 Å². The van der Waals surface area contributed by atoms with Crippen molar-refractivity contribution < 1.29 is 4.79 Å². The second-order valence-corrected chi connectivity index (χ2v) is 6.19. The van der Waals surface area contributed by atoms with Crippen LogP contribution < -0.4 is 5.73 Å². The summed E-state index contributed by atoms with van der Waals surface area (Å²) in [4.78, 5) is 16.7. The van der Waals surface area contributed by atoms with Gasteiger partial charge in [-0.2, -0.15) is 0 Å². The molecule has 0 bridgehead atoms. The van der Waals surface area contributed by atoms with Crippen molar-refractivity contribution >= 4 is 5.91 Å². The Hall–Kier alpha value is -0.610. The van der Waals surface area contributed by atoms with Gasteiger partial charge in [-0.15, -0.1) is 0 Å². The molecule has 2 heterocycles. The molecule has 17 heavy (non-hydrogen) atoms. The molecule has 4 heteroatoms. The normalized spacial score (nSPS) is 26.8. The molecule has 4 nitrogen and oxygen atoms in total. The van der Waals surface area contributed by atoms with Gasteiger partial charge in [0.05, 0.1) is 0 Å². The topological polar surface area (TPSA) is 49.6 Å². The average Bonchev–Trinajstić information content (AvgIpc) is 2.26. The van der Waals surface area contributed by atoms with Crippen LogP contribution in [0.15, 0.2) is 0 Å². The molecule has 2 saturated heterocycles. The third-order valence-corrected chi connectivity index (χ3v) is 3.80. The maximum absolute atomic E-state index is 12.1. The van der Waals surface area contributed by atoms with E-state index in [9.17, 15) is 4.79 Å². The van der Waals surface area contributed by atoms with Gasteiger partial charge in [0.25, 0.3) is 0 Å². The summed E-state index contributed by atoms with van der Waals surface area (Å²) in [5.74, 6) is 0.225. The van der Waals surface area contributed by atoms with Gasteiger partial charge in [0.15, 0.2) is 0 Å². The van der Waals surface area contributed by atoms with Crippen molar-refractivity contribution in [3.05, 3.63) is 0 Å². The van der Waals surface area contributed by atoms with Gasteiger partial charge in [-0.05, 0) is 33.2 Å². The third kappa shape index (κ3) is 3.42. The van der Waals surface area contributed by atoms with Crippen LogP contribution in [0.4, 0.5) is 0 Å². The monoisotopic (exact) mass is 239 g/mol. The number of carbonyl (C=O) groups is 1. The Balaban J connectivity index is 1.89. The minimum absolute atomic E-state index is 0.225. The van der Waals surface area contributed by atoms with Crippen LogP contribution in [0.3, 0.4) is 0 Å². The minimum Gasteiger partial charge on any atom is -0.340 e. The lowest BCUT2D eigenvalue weighted by Crippen LogP contribution is -2.57. The van der Waals surface area contributed by atoms with E-state index in [2.05, 4.69) is 4.90 Å². The summed E-state index contributed by atoms with van der Waals surface area (Å²) in [7, 11) is 0. The zero-order chi connectivity index (χ0) is 12.5. The number of carbonyl (C=O) groups excluding carboxylic acids is 1. The lowest BCUT2D eigenvalue weighted by Gasteiger charge is -2.44. The largest absolute Gasteiger partial charge is 0.340 e. The SMILES string of the molecule is CC(C)(N)CC(=O)N1CCN2CCCCC2C1. The van der Waals surface area contributed by atoms with Crippen molar-refractivity contribution in [3.63, 3.8) is 0 Å². The minimum atomic E-state index is -0.388. The fourth-order valence-electron chi connectivity index (χ4n) is 2.88. The number of nitrogens with zero attached hydrogens (tertiary/aromatic N) is 2. The Morgan fingerprint density at radius 1 is 1.29 bits per heavy atom. The molecule has 0 spiro atoms. The molecule has 2 fully saturated rings. The molecule has 2 N–H and O–H groups in total. The Labute approximate surface area is 104 Å². The van der Waals surface area contributed by atoms with E-state index in [1.165, 1.54) is 25.8 Å². The highest BCUT2D eigenvalue weighted by Gasteiger charge is 2.32. The predicted octanol–water partition coefficient (Wildman–Crippen LogP) is 0.811. The van der Waals surface area contributed by atoms with Gasteiger partial charge in [-0.25, -0.2) is 0 Å². The van der Waals surface area contributed by atoms with Crippen LogP contribution in [0.5, 0.6) is 0 Å². The first-order valence-electron chi connectivity index (χ1n) is 6.76. The van der Waals surface area contributed by atoms with Gasteiger partial charge in [0.2, 0.25) is 5.91 Å². The maximum Gasteiger partial charge on any atom is 0.224 e. The van der Waals surface area contributed by atoms with Gasteiger partial charge in [-0.3, -0.25) is 9.69 Å². The molecule has 0 aromatic heterocycles. The first kappa shape index (κ1) is 12.8. The number of rotatable bonds is 2. The molecule has 98 valence electrons. The highest BCUT2D eigenvalue weighted by Crippen LogP contribution is 2.22. The van der Waals surface area contributed by atoms with E-state index in [1.54, 1.807) is 0 Å². The Bertz CT molecular complexity index is 285. The van der Waals surface area contributed by atoms with Crippen LogP contribution in [0.1, 0.15) is 39.5 Å². The summed E-state index contributed by atoms with van der Waals surface area (Å²) in [5, 5.41) is 0. The van der Waals surface area contributed by atoms with E-state index in [-0.39, 0.29) is 11.4 Å². The predicted molar refractivity (Wildman–Crippen MR) is 68.7 cm³/mol. The van der Waals surface area contributed by atoms with Gasteiger partial charge >= 0.3 is 0 Å². The molecule has 2 aliphatic heterocycles. The highest BCUT2D eigenvalue weighted by atomic mass is 16.2. The number of amides is 1. The summed E-state index contributed by atoms with van der Waals surface area (Å²) in [5.41, 5.74) is 5.53. The van der Waals surface area contributed by atoms with E-state index in [0.29, 0.717) is 12.5 Å². The average molecular weight is 239 g/mol. The van der Waals surface area contributed by atoms with E-state index >= 15 is 0 Å². The smallest absolute Gasteiger partial charge is 0.224 e. The Morgan fingerprint density at radius 3 is 2.76 bits per heavy atom. The molecule has 1 amide bonds. The number of hydrogen-bond donors (Lipinski definition) is 1. The van der Waals surface area contributed by atoms with Gasteiger partial charge in [0.1, 0.15) is 0 Å². The summed E-state index contributed by atoms with van der Waals surface area (Å²) in [6.07, 6.45) is 4.33.